The van der Waals surface area contributed by atoms with Gasteiger partial charge in [-0.1, -0.05) is 17.7 Å². The summed E-state index contributed by atoms with van der Waals surface area (Å²) in [5.74, 6) is 1.87. The van der Waals surface area contributed by atoms with E-state index < -0.39 is 0 Å². The van der Waals surface area contributed by atoms with Crippen LogP contribution in [0.4, 0.5) is 0 Å². The first kappa shape index (κ1) is 15.2. The molecule has 0 aliphatic heterocycles. The minimum atomic E-state index is 0. The maximum atomic E-state index is 5.18. The second kappa shape index (κ2) is 7.53. The quantitative estimate of drug-likeness (QED) is 0.369. The fraction of sp³-hybridized carbons (Fsp3) is 0. The second-order valence-electron chi connectivity index (χ2n) is 4.30. The summed E-state index contributed by atoms with van der Waals surface area (Å²) in [5, 5.41) is 0. The Labute approximate surface area is 134 Å². The Kier molecular flexibility index (Phi) is 5.44. The van der Waals surface area contributed by atoms with E-state index in [1.807, 2.05) is 72.8 Å². The molecule has 0 bridgehead atoms. The molecule has 2 aromatic carbocycles. The average Bonchev–Trinajstić information content (AvgIpc) is 3.29. The summed E-state index contributed by atoms with van der Waals surface area (Å²) in [6.07, 6.45) is 3.37. The van der Waals surface area contributed by atoms with E-state index >= 15 is 0 Å². The Morgan fingerprint density at radius 3 is 1.86 bits per heavy atom. The summed E-state index contributed by atoms with van der Waals surface area (Å²) in [6.45, 7) is 0. The molecule has 4 rings (SSSR count). The fourth-order valence-corrected chi connectivity index (χ4v) is 1.96. The van der Waals surface area contributed by atoms with Gasteiger partial charge in [-0.25, -0.2) is 0 Å². The third kappa shape index (κ3) is 3.88. The Balaban J connectivity index is 0.000000147. The molecule has 0 aliphatic rings. The molecule has 112 valence electrons. The first-order chi connectivity index (χ1) is 9.93. The van der Waals surface area contributed by atoms with Crippen molar-refractivity contribution in [3.63, 3.8) is 0 Å². The zero-order valence-electron chi connectivity index (χ0n) is 11.3. The molecule has 0 aliphatic carbocycles. The fourth-order valence-electron chi connectivity index (χ4n) is 1.96. The number of rotatable bonds is 2. The van der Waals surface area contributed by atoms with E-state index in [1.165, 1.54) is 0 Å². The molecule has 2 heterocycles. The van der Waals surface area contributed by atoms with Crippen molar-refractivity contribution in [2.75, 3.05) is 0 Å². The van der Waals surface area contributed by atoms with Gasteiger partial charge in [0.25, 0.3) is 0 Å². The molecular weight excluding hydrogens is 304 g/mol. The van der Waals surface area contributed by atoms with Crippen molar-refractivity contribution in [2.24, 2.45) is 0 Å². The topological polar surface area (TPSA) is 26.3 Å². The SMILES string of the molecule is [Fe].c1coc(-[c-]2[cH-][cH-][cH-][cH-]2)c1.c1coc(-[c-]2cccc2)c1. The Hall–Kier alpha value is -2.22. The molecular formula is C18H14FeO2-6. The van der Waals surface area contributed by atoms with Gasteiger partial charge in [0.2, 0.25) is 0 Å². The molecule has 0 atom stereocenters. The zero-order valence-corrected chi connectivity index (χ0v) is 12.4. The van der Waals surface area contributed by atoms with Crippen LogP contribution in [0.1, 0.15) is 0 Å². The van der Waals surface area contributed by atoms with Gasteiger partial charge in [0, 0.05) is 23.3 Å². The Morgan fingerprint density at radius 2 is 1.33 bits per heavy atom. The second-order valence-corrected chi connectivity index (χ2v) is 4.30. The third-order valence-electron chi connectivity index (χ3n) is 2.94. The van der Waals surface area contributed by atoms with Gasteiger partial charge in [-0.05, 0) is 0 Å². The molecule has 21 heavy (non-hydrogen) atoms. The average molecular weight is 318 g/mol. The van der Waals surface area contributed by atoms with Gasteiger partial charge in [0.15, 0.2) is 0 Å². The Morgan fingerprint density at radius 1 is 0.762 bits per heavy atom. The van der Waals surface area contributed by atoms with Crippen LogP contribution in [-0.2, 0) is 17.1 Å². The molecule has 4 aromatic rings. The zero-order chi connectivity index (χ0) is 13.6. The van der Waals surface area contributed by atoms with E-state index in [9.17, 15) is 0 Å². The molecule has 0 spiro atoms. The van der Waals surface area contributed by atoms with E-state index in [0.717, 1.165) is 22.6 Å². The van der Waals surface area contributed by atoms with Crippen molar-refractivity contribution in [3.8, 4) is 22.6 Å². The van der Waals surface area contributed by atoms with Crippen LogP contribution in [0, 0.1) is 0 Å². The number of hydrogen-bond acceptors (Lipinski definition) is 2. The van der Waals surface area contributed by atoms with Crippen molar-refractivity contribution >= 4 is 0 Å². The number of hydrogen-bond donors (Lipinski definition) is 0. The van der Waals surface area contributed by atoms with E-state index in [-0.39, 0.29) is 17.1 Å². The summed E-state index contributed by atoms with van der Waals surface area (Å²) in [6, 6.07) is 23.8. The van der Waals surface area contributed by atoms with Gasteiger partial charge in [0.05, 0.1) is 12.0 Å². The molecule has 0 fully saturated rings. The van der Waals surface area contributed by atoms with Gasteiger partial charge in [-0.3, -0.25) is 0 Å². The molecule has 2 aromatic heterocycles. The van der Waals surface area contributed by atoms with Crippen LogP contribution in [0.2, 0.25) is 0 Å². The maximum absolute atomic E-state index is 5.18. The van der Waals surface area contributed by atoms with Gasteiger partial charge in [-0.15, -0.1) is 12.1 Å². The van der Waals surface area contributed by atoms with Crippen molar-refractivity contribution in [1.82, 2.24) is 0 Å². The summed E-state index contributed by atoms with van der Waals surface area (Å²) in [5.41, 5.74) is 2.29. The molecule has 2 nitrogen and oxygen atoms in total. The van der Waals surface area contributed by atoms with E-state index in [4.69, 9.17) is 8.83 Å². The van der Waals surface area contributed by atoms with Gasteiger partial charge in [0.1, 0.15) is 0 Å². The van der Waals surface area contributed by atoms with Crippen molar-refractivity contribution in [1.29, 1.82) is 0 Å². The van der Waals surface area contributed by atoms with Crippen LogP contribution in [0.5, 0.6) is 0 Å². The van der Waals surface area contributed by atoms with Crippen LogP contribution in [-0.4, -0.2) is 0 Å². The van der Waals surface area contributed by atoms with Gasteiger partial charge >= 0.3 is 0 Å². The maximum Gasteiger partial charge on any atom is 0.0796 e. The molecule has 0 saturated heterocycles. The van der Waals surface area contributed by atoms with Crippen molar-refractivity contribution < 1.29 is 25.9 Å². The van der Waals surface area contributed by atoms with Gasteiger partial charge < -0.3 is 50.5 Å². The first-order valence-electron chi connectivity index (χ1n) is 6.45. The van der Waals surface area contributed by atoms with E-state index in [1.54, 1.807) is 12.5 Å². The largest absolute Gasteiger partial charge is 0.651 e. The normalized spacial score (nSPS) is 9.52. The van der Waals surface area contributed by atoms with Crippen LogP contribution >= 0.6 is 0 Å². The number of furan rings is 2. The monoisotopic (exact) mass is 318 g/mol. The minimum absolute atomic E-state index is 0. The third-order valence-corrected chi connectivity index (χ3v) is 2.94. The predicted molar refractivity (Wildman–Crippen MR) is 79.5 cm³/mol. The summed E-state index contributed by atoms with van der Waals surface area (Å²) < 4.78 is 10.4. The predicted octanol–water partition coefficient (Wildman–Crippen LogP) is 5.33. The molecule has 0 N–H and O–H groups in total. The molecule has 0 amide bonds. The minimum Gasteiger partial charge on any atom is -0.651 e. The summed E-state index contributed by atoms with van der Waals surface area (Å²) >= 11 is 0. The standard InChI is InChI=1S/2C9H7O.Fe/c2*1-2-5-8(4-1)9-6-3-7-10-9;/h2*1-7H;/q-5;-1;. The van der Waals surface area contributed by atoms with Crippen LogP contribution < -0.4 is 0 Å². The van der Waals surface area contributed by atoms with Crippen molar-refractivity contribution in [3.05, 3.63) is 85.3 Å². The molecule has 0 radical (unpaired) electrons. The molecule has 0 saturated carbocycles. The van der Waals surface area contributed by atoms with Gasteiger partial charge in [-0.2, -0.15) is 18.2 Å². The molecule has 3 heteroatoms. The smallest absolute Gasteiger partial charge is 0.0796 e. The summed E-state index contributed by atoms with van der Waals surface area (Å²) in [7, 11) is 0. The van der Waals surface area contributed by atoms with Crippen LogP contribution in [0.25, 0.3) is 22.6 Å². The Bertz CT molecular complexity index is 559. The van der Waals surface area contributed by atoms with Crippen LogP contribution in [0.3, 0.4) is 0 Å². The van der Waals surface area contributed by atoms with Crippen LogP contribution in [0.15, 0.2) is 94.2 Å². The van der Waals surface area contributed by atoms with Crippen molar-refractivity contribution in [2.45, 2.75) is 0 Å². The van der Waals surface area contributed by atoms with E-state index in [2.05, 4.69) is 0 Å². The first-order valence-corrected chi connectivity index (χ1v) is 6.45. The summed E-state index contributed by atoms with van der Waals surface area (Å²) in [4.78, 5) is 0. The molecule has 0 unspecified atom stereocenters. The van der Waals surface area contributed by atoms with E-state index in [0.29, 0.717) is 0 Å².